The van der Waals surface area contributed by atoms with Crippen LogP contribution < -0.4 is 24.8 Å². The van der Waals surface area contributed by atoms with Crippen molar-refractivity contribution in [2.75, 3.05) is 27.4 Å². The Morgan fingerprint density at radius 1 is 1.14 bits per heavy atom. The molecule has 2 N–H and O–H groups in total. The summed E-state index contributed by atoms with van der Waals surface area (Å²) in [5, 5.41) is 5.02. The molecule has 2 amide bonds. The summed E-state index contributed by atoms with van der Waals surface area (Å²) in [4.78, 5) is 24.4. The molecule has 0 saturated carbocycles. The van der Waals surface area contributed by atoms with Crippen LogP contribution in [0, 0.1) is 11.6 Å². The van der Waals surface area contributed by atoms with E-state index >= 15 is 0 Å². The third-order valence-electron chi connectivity index (χ3n) is 4.20. The normalized spacial score (nSPS) is 14.6. The molecule has 0 unspecified atom stereocenters. The van der Waals surface area contributed by atoms with Gasteiger partial charge < -0.3 is 24.8 Å². The van der Waals surface area contributed by atoms with Crippen molar-refractivity contribution >= 4 is 11.8 Å². The Balaban J connectivity index is 1.59. The van der Waals surface area contributed by atoms with E-state index in [1.807, 2.05) is 0 Å². The molecular formula is C19H18F2N2O5. The van der Waals surface area contributed by atoms with Gasteiger partial charge in [0.2, 0.25) is 5.91 Å². The van der Waals surface area contributed by atoms with Crippen LogP contribution >= 0.6 is 0 Å². The lowest BCUT2D eigenvalue weighted by Gasteiger charge is -2.13. The number of carbonyl (C=O) groups excluding carboxylic acids is 2. The van der Waals surface area contributed by atoms with Crippen LogP contribution in [0.15, 0.2) is 30.3 Å². The van der Waals surface area contributed by atoms with Gasteiger partial charge in [-0.1, -0.05) is 0 Å². The number of benzene rings is 2. The number of hydrogen-bond donors (Lipinski definition) is 2. The topological polar surface area (TPSA) is 85.9 Å². The largest absolute Gasteiger partial charge is 0.493 e. The summed E-state index contributed by atoms with van der Waals surface area (Å²) < 4.78 is 42.6. The van der Waals surface area contributed by atoms with Gasteiger partial charge in [0.1, 0.15) is 24.0 Å². The Kier molecular flexibility index (Phi) is 5.62. The molecular weight excluding hydrogens is 374 g/mol. The minimum Gasteiger partial charge on any atom is -0.493 e. The number of fused-ring (bicyclic) bond motifs is 1. The van der Waals surface area contributed by atoms with Crippen LogP contribution in [0.4, 0.5) is 8.78 Å². The molecule has 0 saturated heterocycles. The van der Waals surface area contributed by atoms with Crippen molar-refractivity contribution in [1.82, 2.24) is 10.6 Å². The van der Waals surface area contributed by atoms with Crippen LogP contribution in [-0.2, 0) is 4.79 Å². The molecule has 2 aromatic rings. The molecule has 148 valence electrons. The average Bonchev–Trinajstić information content (AvgIpc) is 3.08. The predicted octanol–water partition coefficient (Wildman–Crippen LogP) is 1.96. The highest BCUT2D eigenvalue weighted by Crippen LogP contribution is 2.35. The fraction of sp³-hybridized carbons (Fsp3) is 0.263. The van der Waals surface area contributed by atoms with Gasteiger partial charge in [0.05, 0.1) is 32.4 Å². The van der Waals surface area contributed by atoms with Crippen LogP contribution in [-0.4, -0.2) is 39.2 Å². The maximum Gasteiger partial charge on any atom is 0.251 e. The lowest BCUT2D eigenvalue weighted by Crippen LogP contribution is -2.39. The van der Waals surface area contributed by atoms with Crippen molar-refractivity contribution in [3.63, 3.8) is 0 Å². The van der Waals surface area contributed by atoms with E-state index in [1.165, 1.54) is 26.4 Å². The first-order valence-corrected chi connectivity index (χ1v) is 8.34. The molecule has 0 spiro atoms. The molecule has 1 heterocycles. The van der Waals surface area contributed by atoms with E-state index in [0.29, 0.717) is 11.5 Å². The van der Waals surface area contributed by atoms with Gasteiger partial charge in [0.15, 0.2) is 11.5 Å². The first-order valence-electron chi connectivity index (χ1n) is 8.34. The molecule has 0 bridgehead atoms. The minimum absolute atomic E-state index is 0.0227. The van der Waals surface area contributed by atoms with Crippen molar-refractivity contribution in [1.29, 1.82) is 0 Å². The summed E-state index contributed by atoms with van der Waals surface area (Å²) in [6, 6.07) is 5.61. The zero-order chi connectivity index (χ0) is 20.3. The van der Waals surface area contributed by atoms with Crippen LogP contribution in [0.5, 0.6) is 17.2 Å². The van der Waals surface area contributed by atoms with Crippen molar-refractivity contribution in [2.24, 2.45) is 0 Å². The molecule has 1 atom stereocenters. The highest BCUT2D eigenvalue weighted by Gasteiger charge is 2.30. The first kappa shape index (κ1) is 19.4. The second-order valence-corrected chi connectivity index (χ2v) is 5.98. The average molecular weight is 392 g/mol. The third-order valence-corrected chi connectivity index (χ3v) is 4.20. The van der Waals surface area contributed by atoms with Gasteiger partial charge in [0.25, 0.3) is 5.91 Å². The fourth-order valence-corrected chi connectivity index (χ4v) is 2.87. The molecule has 1 aliphatic rings. The smallest absolute Gasteiger partial charge is 0.251 e. The summed E-state index contributed by atoms with van der Waals surface area (Å²) in [5.41, 5.74) is 0.363. The summed E-state index contributed by atoms with van der Waals surface area (Å²) >= 11 is 0. The Morgan fingerprint density at radius 2 is 1.89 bits per heavy atom. The second-order valence-electron chi connectivity index (χ2n) is 5.98. The van der Waals surface area contributed by atoms with Gasteiger partial charge in [-0.3, -0.25) is 9.59 Å². The fourth-order valence-electron chi connectivity index (χ4n) is 2.87. The van der Waals surface area contributed by atoms with Gasteiger partial charge in [-0.2, -0.15) is 0 Å². The number of methoxy groups -OCH3 is 2. The van der Waals surface area contributed by atoms with Crippen molar-refractivity contribution < 1.29 is 32.6 Å². The lowest BCUT2D eigenvalue weighted by molar-refractivity contribution is -0.121. The molecule has 7 nitrogen and oxygen atoms in total. The summed E-state index contributed by atoms with van der Waals surface area (Å²) in [6.45, 7) is -0.354. The highest BCUT2D eigenvalue weighted by atomic mass is 19.1. The van der Waals surface area contributed by atoms with E-state index in [2.05, 4.69) is 10.6 Å². The van der Waals surface area contributed by atoms with E-state index < -0.39 is 29.5 Å². The first-order chi connectivity index (χ1) is 13.4. The number of hydrogen-bond acceptors (Lipinski definition) is 5. The molecule has 9 heteroatoms. The molecule has 0 radical (unpaired) electrons. The summed E-state index contributed by atoms with van der Waals surface area (Å²) in [6.07, 6.45) is 0. The predicted molar refractivity (Wildman–Crippen MR) is 94.6 cm³/mol. The number of carbonyl (C=O) groups is 2. The van der Waals surface area contributed by atoms with Crippen molar-refractivity contribution in [3.05, 3.63) is 53.1 Å². The third kappa shape index (κ3) is 3.98. The van der Waals surface area contributed by atoms with Crippen LogP contribution in [0.1, 0.15) is 22.0 Å². The van der Waals surface area contributed by atoms with Gasteiger partial charge >= 0.3 is 0 Å². The van der Waals surface area contributed by atoms with E-state index in [-0.39, 0.29) is 30.0 Å². The quantitative estimate of drug-likeness (QED) is 0.785. The molecule has 1 aliphatic heterocycles. The number of rotatable bonds is 6. The number of halogens is 2. The Morgan fingerprint density at radius 3 is 2.61 bits per heavy atom. The second kappa shape index (κ2) is 8.12. The zero-order valence-electron chi connectivity index (χ0n) is 15.2. The highest BCUT2D eigenvalue weighted by molar-refractivity contribution is 5.97. The molecule has 28 heavy (non-hydrogen) atoms. The monoisotopic (exact) mass is 392 g/mol. The van der Waals surface area contributed by atoms with Gasteiger partial charge in [0, 0.05) is 17.7 Å². The SMILES string of the molecule is COc1ccc(C(=O)NCC(=O)N[C@@H]2COc3cc(F)cc(F)c32)cc1OC. The standard InChI is InChI=1S/C19H18F2N2O5/c1-26-14-4-3-10(5-15(14)27-2)19(25)22-8-17(24)23-13-9-28-16-7-11(20)6-12(21)18(13)16/h3-7,13H,8-9H2,1-2H3,(H,22,25)(H,23,24)/t13-/m1/s1. The summed E-state index contributed by atoms with van der Waals surface area (Å²) in [7, 11) is 2.92. The van der Waals surface area contributed by atoms with E-state index in [4.69, 9.17) is 14.2 Å². The van der Waals surface area contributed by atoms with Crippen LogP contribution in [0.25, 0.3) is 0 Å². The van der Waals surface area contributed by atoms with Gasteiger partial charge in [-0.25, -0.2) is 8.78 Å². The minimum atomic E-state index is -0.799. The lowest BCUT2D eigenvalue weighted by atomic mass is 10.1. The maximum absolute atomic E-state index is 14.0. The van der Waals surface area contributed by atoms with Crippen LogP contribution in [0.2, 0.25) is 0 Å². The summed E-state index contributed by atoms with van der Waals surface area (Å²) in [5.74, 6) is -1.70. The van der Waals surface area contributed by atoms with Crippen molar-refractivity contribution in [2.45, 2.75) is 6.04 Å². The molecule has 0 aliphatic carbocycles. The van der Waals surface area contributed by atoms with Crippen LogP contribution in [0.3, 0.4) is 0 Å². The van der Waals surface area contributed by atoms with E-state index in [1.54, 1.807) is 6.07 Å². The molecule has 0 fully saturated rings. The maximum atomic E-state index is 14.0. The molecule has 3 rings (SSSR count). The van der Waals surface area contributed by atoms with E-state index in [9.17, 15) is 18.4 Å². The Bertz CT molecular complexity index is 919. The van der Waals surface area contributed by atoms with Gasteiger partial charge in [-0.05, 0) is 18.2 Å². The van der Waals surface area contributed by atoms with Crippen molar-refractivity contribution in [3.8, 4) is 17.2 Å². The number of amides is 2. The Labute approximate surface area is 159 Å². The molecule has 0 aromatic heterocycles. The zero-order valence-corrected chi connectivity index (χ0v) is 15.2. The Hall–Kier alpha value is -3.36. The van der Waals surface area contributed by atoms with E-state index in [0.717, 1.165) is 12.1 Å². The molecule has 2 aromatic carbocycles. The number of nitrogens with one attached hydrogen (secondary N) is 2. The van der Waals surface area contributed by atoms with Gasteiger partial charge in [-0.15, -0.1) is 0 Å². The number of ether oxygens (including phenoxy) is 3.